The fourth-order valence-electron chi connectivity index (χ4n) is 3.05. The number of hydrogen-bond donors (Lipinski definition) is 1. The minimum Gasteiger partial charge on any atom is -0.488 e. The van der Waals surface area contributed by atoms with Gasteiger partial charge >= 0.3 is 0 Å². The molecule has 33 heavy (non-hydrogen) atoms. The summed E-state index contributed by atoms with van der Waals surface area (Å²) in [5, 5.41) is 20.1. The van der Waals surface area contributed by atoms with E-state index < -0.39 is 0 Å². The highest BCUT2D eigenvalue weighted by molar-refractivity contribution is 8.02. The Hall–Kier alpha value is -3.26. The third-order valence-electron chi connectivity index (χ3n) is 4.35. The zero-order chi connectivity index (χ0) is 24.0. The third kappa shape index (κ3) is 5.76. The van der Waals surface area contributed by atoms with Crippen LogP contribution in [0.25, 0.3) is 0 Å². The van der Waals surface area contributed by atoms with E-state index in [9.17, 15) is 10.5 Å². The molecule has 0 radical (unpaired) electrons. The molecule has 3 aromatic carbocycles. The number of para-hydroxylation sites is 1. The molecule has 3 rings (SSSR count). The first kappa shape index (κ1) is 24.4. The molecule has 7 heteroatoms. The normalized spacial score (nSPS) is 10.7. The van der Waals surface area contributed by atoms with Gasteiger partial charge in [0.1, 0.15) is 23.3 Å². The van der Waals surface area contributed by atoms with E-state index in [2.05, 4.69) is 12.1 Å². The highest BCUT2D eigenvalue weighted by Crippen LogP contribution is 2.53. The fraction of sp³-hybridized carbons (Fsp3) is 0.231. The predicted molar refractivity (Wildman–Crippen MR) is 133 cm³/mol. The summed E-state index contributed by atoms with van der Waals surface area (Å²) >= 11 is 2.88. The van der Waals surface area contributed by atoms with Crippen molar-refractivity contribution in [3.05, 3.63) is 65.7 Å². The first-order valence-electron chi connectivity index (χ1n) is 10.5. The summed E-state index contributed by atoms with van der Waals surface area (Å²) in [7, 11) is 0. The molecule has 0 aliphatic heterocycles. The topological polar surface area (TPSA) is 92.1 Å². The number of nitrogens with two attached hydrogens (primary N) is 1. The molecular formula is C26H25N3O2S2. The monoisotopic (exact) mass is 475 g/mol. The van der Waals surface area contributed by atoms with Crippen molar-refractivity contribution < 1.29 is 9.47 Å². The second-order valence-electron chi connectivity index (χ2n) is 7.68. The lowest BCUT2D eigenvalue weighted by Gasteiger charge is -2.24. The average molecular weight is 476 g/mol. The van der Waals surface area contributed by atoms with Crippen molar-refractivity contribution in [3.63, 3.8) is 0 Å². The Morgan fingerprint density at radius 3 is 1.70 bits per heavy atom. The van der Waals surface area contributed by atoms with Crippen molar-refractivity contribution in [3.8, 4) is 23.6 Å². The van der Waals surface area contributed by atoms with Crippen molar-refractivity contribution in [1.82, 2.24) is 0 Å². The standard InChI is InChI=1S/C26H25N3O2S2/c1-16(2)30-23-19(14-27)20(15-28)24(31-17(3)4)26(33-22-13-9-8-12-21(22)29)25(23)32-18-10-6-5-7-11-18/h5-13,16-17H,29H2,1-4H3. The van der Waals surface area contributed by atoms with Crippen LogP contribution in [-0.2, 0) is 0 Å². The number of nitrogens with zero attached hydrogens (tertiary/aromatic N) is 2. The zero-order valence-electron chi connectivity index (χ0n) is 19.0. The lowest BCUT2D eigenvalue weighted by atomic mass is 10.1. The van der Waals surface area contributed by atoms with Crippen LogP contribution in [0.5, 0.6) is 11.5 Å². The van der Waals surface area contributed by atoms with Crippen LogP contribution < -0.4 is 15.2 Å². The smallest absolute Gasteiger partial charge is 0.154 e. The van der Waals surface area contributed by atoms with E-state index in [1.54, 1.807) is 0 Å². The molecule has 0 atom stereocenters. The van der Waals surface area contributed by atoms with Gasteiger partial charge in [-0.2, -0.15) is 10.5 Å². The van der Waals surface area contributed by atoms with Gasteiger partial charge in [0.2, 0.25) is 0 Å². The first-order chi connectivity index (χ1) is 15.8. The molecule has 2 N–H and O–H groups in total. The maximum atomic E-state index is 10.1. The van der Waals surface area contributed by atoms with Gasteiger partial charge in [0.15, 0.2) is 11.5 Å². The molecule has 0 aliphatic carbocycles. The Bertz CT molecular complexity index is 1210. The molecule has 0 saturated heterocycles. The highest BCUT2D eigenvalue weighted by atomic mass is 32.2. The van der Waals surface area contributed by atoms with Gasteiger partial charge in [-0.3, -0.25) is 0 Å². The number of ether oxygens (including phenoxy) is 2. The van der Waals surface area contributed by atoms with Gasteiger partial charge in [-0.15, -0.1) is 0 Å². The molecule has 0 heterocycles. The predicted octanol–water partition coefficient (Wildman–Crippen LogP) is 6.89. The summed E-state index contributed by atoms with van der Waals surface area (Å²) in [4.78, 5) is 3.21. The Balaban J connectivity index is 2.39. The van der Waals surface area contributed by atoms with E-state index >= 15 is 0 Å². The van der Waals surface area contributed by atoms with Gasteiger partial charge in [0.05, 0.1) is 22.0 Å². The minimum absolute atomic E-state index is 0.163. The van der Waals surface area contributed by atoms with Crippen LogP contribution in [0.3, 0.4) is 0 Å². The van der Waals surface area contributed by atoms with Crippen LogP contribution in [0, 0.1) is 22.7 Å². The largest absolute Gasteiger partial charge is 0.488 e. The molecule has 0 bridgehead atoms. The Morgan fingerprint density at radius 2 is 1.21 bits per heavy atom. The Kier molecular flexibility index (Phi) is 8.16. The quantitative estimate of drug-likeness (QED) is 0.355. The molecule has 0 aromatic heterocycles. The maximum Gasteiger partial charge on any atom is 0.154 e. The Labute approximate surface area is 203 Å². The van der Waals surface area contributed by atoms with Crippen molar-refractivity contribution in [2.24, 2.45) is 0 Å². The molecule has 0 amide bonds. The lowest BCUT2D eigenvalue weighted by molar-refractivity contribution is 0.223. The molecular weight excluding hydrogens is 450 g/mol. The minimum atomic E-state index is -0.206. The van der Waals surface area contributed by atoms with Gasteiger partial charge in [0, 0.05) is 15.5 Å². The van der Waals surface area contributed by atoms with Gasteiger partial charge in [-0.05, 0) is 52.0 Å². The van der Waals surface area contributed by atoms with Gasteiger partial charge in [-0.1, -0.05) is 53.9 Å². The number of nitrogen functional groups attached to an aromatic ring is 1. The van der Waals surface area contributed by atoms with Crippen LogP contribution in [0.15, 0.2) is 74.2 Å². The number of benzene rings is 3. The first-order valence-corrected chi connectivity index (χ1v) is 12.1. The van der Waals surface area contributed by atoms with E-state index in [0.717, 1.165) is 9.79 Å². The van der Waals surface area contributed by atoms with Gasteiger partial charge in [0.25, 0.3) is 0 Å². The van der Waals surface area contributed by atoms with Gasteiger partial charge < -0.3 is 15.2 Å². The van der Waals surface area contributed by atoms with Crippen LogP contribution in [0.1, 0.15) is 38.8 Å². The summed E-state index contributed by atoms with van der Waals surface area (Å²) in [6, 6.07) is 21.7. The molecule has 0 fully saturated rings. The Morgan fingerprint density at radius 1 is 0.727 bits per heavy atom. The van der Waals surface area contributed by atoms with Crippen molar-refractivity contribution in [1.29, 1.82) is 10.5 Å². The number of anilines is 1. The summed E-state index contributed by atoms with van der Waals surface area (Å²) in [5.41, 5.74) is 7.20. The fourth-order valence-corrected chi connectivity index (χ4v) is 5.23. The molecule has 3 aromatic rings. The summed E-state index contributed by atoms with van der Waals surface area (Å²) < 4.78 is 12.3. The number of rotatable bonds is 8. The van der Waals surface area contributed by atoms with Crippen LogP contribution in [0.2, 0.25) is 0 Å². The summed E-state index contributed by atoms with van der Waals surface area (Å²) in [5.74, 6) is 0.748. The van der Waals surface area contributed by atoms with E-state index in [4.69, 9.17) is 15.2 Å². The maximum absolute atomic E-state index is 10.1. The molecule has 0 aliphatic rings. The van der Waals surface area contributed by atoms with Crippen molar-refractivity contribution in [2.45, 2.75) is 59.5 Å². The SMILES string of the molecule is CC(C)Oc1c(C#N)c(C#N)c(OC(C)C)c(Sc2ccccc2N)c1Sc1ccccc1. The third-order valence-corrected chi connectivity index (χ3v) is 6.76. The van der Waals surface area contributed by atoms with Crippen LogP contribution in [0.4, 0.5) is 5.69 Å². The molecule has 0 unspecified atom stereocenters. The van der Waals surface area contributed by atoms with E-state index in [1.807, 2.05) is 82.3 Å². The second-order valence-corrected chi connectivity index (χ2v) is 9.81. The van der Waals surface area contributed by atoms with Crippen molar-refractivity contribution >= 4 is 29.2 Å². The number of hydrogen-bond acceptors (Lipinski definition) is 7. The van der Waals surface area contributed by atoms with E-state index in [0.29, 0.717) is 27.0 Å². The summed E-state index contributed by atoms with van der Waals surface area (Å²) in [6.07, 6.45) is -0.405. The molecule has 5 nitrogen and oxygen atoms in total. The highest BCUT2D eigenvalue weighted by Gasteiger charge is 2.29. The van der Waals surface area contributed by atoms with Crippen LogP contribution >= 0.6 is 23.5 Å². The summed E-state index contributed by atoms with van der Waals surface area (Å²) in [6.45, 7) is 7.57. The van der Waals surface area contributed by atoms with E-state index in [1.165, 1.54) is 23.5 Å². The molecule has 0 spiro atoms. The zero-order valence-corrected chi connectivity index (χ0v) is 20.6. The van der Waals surface area contributed by atoms with Gasteiger partial charge in [-0.25, -0.2) is 0 Å². The average Bonchev–Trinajstić information content (AvgIpc) is 2.78. The van der Waals surface area contributed by atoms with Crippen LogP contribution in [-0.4, -0.2) is 12.2 Å². The number of nitriles is 2. The van der Waals surface area contributed by atoms with Crippen molar-refractivity contribution in [2.75, 3.05) is 5.73 Å². The lowest BCUT2D eigenvalue weighted by Crippen LogP contribution is -2.13. The molecule has 168 valence electrons. The molecule has 0 saturated carbocycles. The second kappa shape index (κ2) is 11.0. The van der Waals surface area contributed by atoms with E-state index in [-0.39, 0.29) is 23.3 Å².